The zero-order valence-corrected chi connectivity index (χ0v) is 10.9. The van der Waals surface area contributed by atoms with Gasteiger partial charge in [0.1, 0.15) is 0 Å². The van der Waals surface area contributed by atoms with E-state index in [0.717, 1.165) is 25.3 Å². The van der Waals surface area contributed by atoms with E-state index in [4.69, 9.17) is 6.42 Å². The van der Waals surface area contributed by atoms with Gasteiger partial charge in [-0.3, -0.25) is 9.69 Å². The second-order valence-corrected chi connectivity index (χ2v) is 6.42. The summed E-state index contributed by atoms with van der Waals surface area (Å²) in [6.45, 7) is 7.30. The van der Waals surface area contributed by atoms with E-state index in [2.05, 4.69) is 30.0 Å². The molecule has 1 N–H and O–H groups in total. The first kappa shape index (κ1) is 13.4. The van der Waals surface area contributed by atoms with Crippen LogP contribution in [-0.2, 0) is 4.79 Å². The van der Waals surface area contributed by atoms with Crippen LogP contribution in [0, 0.1) is 12.3 Å². The van der Waals surface area contributed by atoms with E-state index in [-0.39, 0.29) is 5.91 Å². The van der Waals surface area contributed by atoms with Crippen LogP contribution in [0.5, 0.6) is 0 Å². The molecule has 0 bridgehead atoms. The second-order valence-electron chi connectivity index (χ2n) is 4.62. The zero-order chi connectivity index (χ0) is 12.0. The average molecular weight is 240 g/mol. The molecule has 0 aromatic rings. The van der Waals surface area contributed by atoms with E-state index in [9.17, 15) is 4.79 Å². The summed E-state index contributed by atoms with van der Waals surface area (Å²) in [6, 6.07) is 0. The highest BCUT2D eigenvalue weighted by molar-refractivity contribution is 8.00. The van der Waals surface area contributed by atoms with E-state index in [1.807, 2.05) is 11.8 Å². The summed E-state index contributed by atoms with van der Waals surface area (Å²) in [5.41, 5.74) is 0. The van der Waals surface area contributed by atoms with Gasteiger partial charge in [-0.05, 0) is 6.42 Å². The van der Waals surface area contributed by atoms with Gasteiger partial charge in [0, 0.05) is 23.6 Å². The minimum atomic E-state index is 0.0302. The molecular weight excluding hydrogens is 220 g/mol. The maximum absolute atomic E-state index is 11.5. The molecule has 4 heteroatoms. The van der Waals surface area contributed by atoms with Crippen LogP contribution in [0.2, 0.25) is 0 Å². The number of terminal acetylenes is 1. The van der Waals surface area contributed by atoms with Gasteiger partial charge >= 0.3 is 0 Å². The Labute approximate surface area is 102 Å². The van der Waals surface area contributed by atoms with Crippen LogP contribution in [0.25, 0.3) is 0 Å². The number of carbonyl (C=O) groups is 1. The summed E-state index contributed by atoms with van der Waals surface area (Å²) < 4.78 is 0.337. The Morgan fingerprint density at radius 1 is 1.56 bits per heavy atom. The van der Waals surface area contributed by atoms with Crippen LogP contribution < -0.4 is 5.32 Å². The highest BCUT2D eigenvalue weighted by Crippen LogP contribution is 2.30. The molecule has 0 aromatic heterocycles. The molecule has 1 saturated heterocycles. The third-order valence-corrected chi connectivity index (χ3v) is 4.06. The summed E-state index contributed by atoms with van der Waals surface area (Å²) in [7, 11) is 0. The Kier molecular flexibility index (Phi) is 5.17. The number of hydrogen-bond acceptors (Lipinski definition) is 3. The van der Waals surface area contributed by atoms with Crippen molar-refractivity contribution in [2.45, 2.75) is 25.0 Å². The maximum Gasteiger partial charge on any atom is 0.234 e. The fourth-order valence-corrected chi connectivity index (χ4v) is 2.77. The van der Waals surface area contributed by atoms with Gasteiger partial charge < -0.3 is 5.32 Å². The van der Waals surface area contributed by atoms with Gasteiger partial charge in [-0.15, -0.1) is 6.42 Å². The Morgan fingerprint density at radius 3 is 3.00 bits per heavy atom. The first-order valence-corrected chi connectivity index (χ1v) is 6.58. The molecule has 0 saturated carbocycles. The molecule has 0 aromatic carbocycles. The van der Waals surface area contributed by atoms with Crippen molar-refractivity contribution in [2.24, 2.45) is 0 Å². The lowest BCUT2D eigenvalue weighted by Crippen LogP contribution is -2.38. The van der Waals surface area contributed by atoms with Crippen molar-refractivity contribution >= 4 is 17.7 Å². The first-order chi connectivity index (χ1) is 7.53. The first-order valence-electron chi connectivity index (χ1n) is 5.60. The molecule has 0 atom stereocenters. The number of thioether (sulfide) groups is 1. The molecule has 1 amide bonds. The Morgan fingerprint density at radius 2 is 2.31 bits per heavy atom. The van der Waals surface area contributed by atoms with Gasteiger partial charge in [-0.1, -0.05) is 19.8 Å². The van der Waals surface area contributed by atoms with Crippen molar-refractivity contribution in [1.29, 1.82) is 0 Å². The summed E-state index contributed by atoms with van der Waals surface area (Å²) in [5, 5.41) is 2.70. The highest BCUT2D eigenvalue weighted by atomic mass is 32.2. The molecule has 0 radical (unpaired) electrons. The van der Waals surface area contributed by atoms with Crippen molar-refractivity contribution in [2.75, 3.05) is 31.9 Å². The molecule has 90 valence electrons. The van der Waals surface area contributed by atoms with Gasteiger partial charge in [-0.25, -0.2) is 0 Å². The average Bonchev–Trinajstić information content (AvgIpc) is 2.37. The van der Waals surface area contributed by atoms with Crippen molar-refractivity contribution in [3.63, 3.8) is 0 Å². The summed E-state index contributed by atoms with van der Waals surface area (Å²) >= 11 is 1.98. The number of nitrogens with one attached hydrogen (secondary N) is 1. The highest BCUT2D eigenvalue weighted by Gasteiger charge is 2.24. The summed E-state index contributed by atoms with van der Waals surface area (Å²) in [6.07, 6.45) is 6.21. The number of rotatable bonds is 3. The number of carbonyl (C=O) groups excluding carboxylic acids is 1. The fourth-order valence-electron chi connectivity index (χ4n) is 1.63. The van der Waals surface area contributed by atoms with Gasteiger partial charge in [-0.2, -0.15) is 11.8 Å². The molecule has 1 aliphatic rings. The molecule has 1 rings (SSSR count). The lowest BCUT2D eigenvalue weighted by Gasteiger charge is -2.22. The predicted octanol–water partition coefficient (Wildman–Crippen LogP) is 0.953. The van der Waals surface area contributed by atoms with Crippen molar-refractivity contribution in [3.05, 3.63) is 0 Å². The smallest absolute Gasteiger partial charge is 0.234 e. The predicted molar refractivity (Wildman–Crippen MR) is 69.4 cm³/mol. The van der Waals surface area contributed by atoms with Crippen LogP contribution in [0.4, 0.5) is 0 Å². The number of nitrogens with zero attached hydrogens (tertiary/aromatic N) is 1. The third-order valence-electron chi connectivity index (χ3n) is 2.69. The van der Waals surface area contributed by atoms with Crippen LogP contribution in [-0.4, -0.2) is 47.5 Å². The molecule has 16 heavy (non-hydrogen) atoms. The molecule has 1 heterocycles. The SMILES string of the molecule is C#CCNC(=O)CN1CCSC(C)(C)CC1. The van der Waals surface area contributed by atoms with Gasteiger partial charge in [0.05, 0.1) is 13.1 Å². The van der Waals surface area contributed by atoms with Crippen LogP contribution in [0.15, 0.2) is 0 Å². The fraction of sp³-hybridized carbons (Fsp3) is 0.750. The number of hydrogen-bond donors (Lipinski definition) is 1. The quantitative estimate of drug-likeness (QED) is 0.746. The Bertz CT molecular complexity index is 283. The number of amides is 1. The normalized spacial score (nSPS) is 20.8. The van der Waals surface area contributed by atoms with E-state index in [1.165, 1.54) is 0 Å². The molecule has 0 unspecified atom stereocenters. The maximum atomic E-state index is 11.5. The van der Waals surface area contributed by atoms with Gasteiger partial charge in [0.25, 0.3) is 0 Å². The second kappa shape index (κ2) is 6.17. The lowest BCUT2D eigenvalue weighted by atomic mass is 10.1. The molecule has 1 aliphatic heterocycles. The Hall–Kier alpha value is -0.660. The van der Waals surface area contributed by atoms with Crippen molar-refractivity contribution < 1.29 is 4.79 Å². The Balaban J connectivity index is 2.33. The summed E-state index contributed by atoms with van der Waals surface area (Å²) in [5.74, 6) is 3.53. The standard InChI is InChI=1S/C12H20N2OS/c1-4-6-13-11(15)10-14-7-5-12(2,3)16-9-8-14/h1H,5-10H2,2-3H3,(H,13,15). The van der Waals surface area contributed by atoms with E-state index < -0.39 is 0 Å². The minimum Gasteiger partial charge on any atom is -0.344 e. The van der Waals surface area contributed by atoms with Crippen LogP contribution >= 0.6 is 11.8 Å². The topological polar surface area (TPSA) is 32.3 Å². The van der Waals surface area contributed by atoms with E-state index in [0.29, 0.717) is 17.8 Å². The summed E-state index contributed by atoms with van der Waals surface area (Å²) in [4.78, 5) is 13.7. The molecule has 0 spiro atoms. The minimum absolute atomic E-state index is 0.0302. The van der Waals surface area contributed by atoms with Crippen molar-refractivity contribution in [3.8, 4) is 12.3 Å². The third kappa shape index (κ3) is 4.91. The van der Waals surface area contributed by atoms with Gasteiger partial charge in [0.2, 0.25) is 5.91 Å². The lowest BCUT2D eigenvalue weighted by molar-refractivity contribution is -0.121. The molecular formula is C12H20N2OS. The van der Waals surface area contributed by atoms with Crippen molar-refractivity contribution in [1.82, 2.24) is 10.2 Å². The zero-order valence-electron chi connectivity index (χ0n) is 10.1. The molecule has 1 fully saturated rings. The van der Waals surface area contributed by atoms with E-state index in [1.54, 1.807) is 0 Å². The molecule has 0 aliphatic carbocycles. The van der Waals surface area contributed by atoms with Crippen LogP contribution in [0.3, 0.4) is 0 Å². The van der Waals surface area contributed by atoms with Crippen LogP contribution in [0.1, 0.15) is 20.3 Å². The largest absolute Gasteiger partial charge is 0.344 e. The monoisotopic (exact) mass is 240 g/mol. The van der Waals surface area contributed by atoms with E-state index >= 15 is 0 Å². The molecule has 3 nitrogen and oxygen atoms in total. The van der Waals surface area contributed by atoms with Gasteiger partial charge in [0.15, 0.2) is 0 Å².